The van der Waals surface area contributed by atoms with E-state index in [0.717, 1.165) is 44.9 Å². The molecule has 54 heavy (non-hydrogen) atoms. The van der Waals surface area contributed by atoms with Crippen LogP contribution in [0.4, 0.5) is 4.79 Å². The summed E-state index contributed by atoms with van der Waals surface area (Å²) in [6, 6.07) is -1.64. The van der Waals surface area contributed by atoms with Crippen molar-refractivity contribution in [3.8, 4) is 0 Å². The Balaban J connectivity index is 1.55. The van der Waals surface area contributed by atoms with Crippen LogP contribution in [0.1, 0.15) is 136 Å². The number of amides is 3. The highest BCUT2D eigenvalue weighted by Crippen LogP contribution is 2.35. The van der Waals surface area contributed by atoms with Crippen LogP contribution in [0.5, 0.6) is 0 Å². The van der Waals surface area contributed by atoms with Crippen LogP contribution in [0, 0.1) is 35.0 Å². The van der Waals surface area contributed by atoms with Gasteiger partial charge in [-0.3, -0.25) is 33.8 Å². The topological polar surface area (TPSA) is 182 Å². The number of ketones is 4. The molecule has 1 aromatic heterocycles. The molecule has 0 bridgehead atoms. The Labute approximate surface area is 319 Å². The van der Waals surface area contributed by atoms with Crippen LogP contribution in [0.15, 0.2) is 18.6 Å². The predicted molar refractivity (Wildman–Crippen MR) is 201 cm³/mol. The van der Waals surface area contributed by atoms with Gasteiger partial charge in [0, 0.05) is 56.6 Å². The maximum absolute atomic E-state index is 14.3. The molecule has 0 radical (unpaired) electrons. The molecule has 3 unspecified atom stereocenters. The zero-order chi connectivity index (χ0) is 39.8. The predicted octanol–water partition coefficient (Wildman–Crippen LogP) is 5.44. The van der Waals surface area contributed by atoms with Gasteiger partial charge in [-0.1, -0.05) is 53.4 Å². The lowest BCUT2D eigenvalue weighted by atomic mass is 9.74. The molecular weight excluding hydrogens is 690 g/mol. The smallest absolute Gasteiger partial charge is 0.410 e. The van der Waals surface area contributed by atoms with Crippen LogP contribution in [0.25, 0.3) is 0 Å². The first kappa shape index (κ1) is 42.7. The van der Waals surface area contributed by atoms with Crippen LogP contribution in [-0.4, -0.2) is 86.7 Å². The first-order chi connectivity index (χ1) is 25.4. The molecular formula is C41H61N5O8. The van der Waals surface area contributed by atoms with E-state index >= 15 is 0 Å². The molecule has 2 aliphatic carbocycles. The van der Waals surface area contributed by atoms with Gasteiger partial charge >= 0.3 is 6.09 Å². The van der Waals surface area contributed by atoms with Crippen molar-refractivity contribution in [3.05, 3.63) is 24.3 Å². The van der Waals surface area contributed by atoms with Crippen LogP contribution in [0.3, 0.4) is 0 Å². The van der Waals surface area contributed by atoms with Gasteiger partial charge in [-0.15, -0.1) is 0 Å². The molecule has 298 valence electrons. The van der Waals surface area contributed by atoms with Crippen molar-refractivity contribution in [2.75, 3.05) is 13.1 Å². The molecule has 13 heteroatoms. The summed E-state index contributed by atoms with van der Waals surface area (Å²) in [5.74, 6) is -4.82. The molecule has 0 spiro atoms. The lowest BCUT2D eigenvalue weighted by Gasteiger charge is -2.34. The standard InChI is InChI=1S/C41H61N5O8/c1-8-12-27(36(50)34(49)19-25-15-16-25)20-32(47)28-23-46(39(53)54-41(5,6)7)24-31(28)44-37(51)29(40(2,3)4)21-33(48)35(26-13-10-9-11-14-26)45-38(52)30-22-42-17-18-43-30/h17-18,22,25-29,31,35H,8-16,19-21,23-24H2,1-7H3,(H,44,51)(H,45,52)/t27?,28-,29?,31?,35+/m1/s1. The number of aromatic nitrogens is 2. The van der Waals surface area contributed by atoms with Gasteiger partial charge in [-0.25, -0.2) is 9.78 Å². The van der Waals surface area contributed by atoms with E-state index in [2.05, 4.69) is 20.6 Å². The van der Waals surface area contributed by atoms with Crippen molar-refractivity contribution in [3.63, 3.8) is 0 Å². The lowest BCUT2D eigenvalue weighted by Crippen LogP contribution is -2.51. The molecule has 0 aromatic carbocycles. The zero-order valence-corrected chi connectivity index (χ0v) is 33.3. The van der Waals surface area contributed by atoms with Gasteiger partial charge < -0.3 is 20.3 Å². The van der Waals surface area contributed by atoms with Gasteiger partial charge in [0.05, 0.1) is 24.2 Å². The first-order valence-electron chi connectivity index (χ1n) is 19.9. The highest BCUT2D eigenvalue weighted by Gasteiger charge is 2.45. The number of likely N-dealkylation sites (tertiary alicyclic amines) is 1. The minimum atomic E-state index is -0.857. The van der Waals surface area contributed by atoms with E-state index in [-0.39, 0.29) is 61.4 Å². The molecule has 1 aromatic rings. The van der Waals surface area contributed by atoms with Gasteiger partial charge in [0.1, 0.15) is 17.1 Å². The van der Waals surface area contributed by atoms with E-state index in [1.165, 1.54) is 23.5 Å². The lowest BCUT2D eigenvalue weighted by molar-refractivity contribution is -0.140. The van der Waals surface area contributed by atoms with E-state index in [4.69, 9.17) is 4.74 Å². The van der Waals surface area contributed by atoms with Gasteiger partial charge in [-0.2, -0.15) is 0 Å². The summed E-state index contributed by atoms with van der Waals surface area (Å²) in [5, 5.41) is 5.94. The Morgan fingerprint density at radius 3 is 2.17 bits per heavy atom. The van der Waals surface area contributed by atoms with Crippen molar-refractivity contribution in [1.29, 1.82) is 0 Å². The Morgan fingerprint density at radius 2 is 1.59 bits per heavy atom. The summed E-state index contributed by atoms with van der Waals surface area (Å²) in [6.07, 6.45) is 10.8. The third-order valence-corrected chi connectivity index (χ3v) is 10.9. The van der Waals surface area contributed by atoms with Crippen LogP contribution >= 0.6 is 0 Å². The average Bonchev–Trinajstić information content (AvgIpc) is 3.83. The van der Waals surface area contributed by atoms with Crippen LogP contribution < -0.4 is 10.6 Å². The van der Waals surface area contributed by atoms with E-state index < -0.39 is 70.3 Å². The maximum atomic E-state index is 14.3. The summed E-state index contributed by atoms with van der Waals surface area (Å²) in [7, 11) is 0. The second kappa shape index (κ2) is 18.5. The number of rotatable bonds is 17. The highest BCUT2D eigenvalue weighted by molar-refractivity contribution is 6.38. The Morgan fingerprint density at radius 1 is 0.907 bits per heavy atom. The molecule has 2 heterocycles. The summed E-state index contributed by atoms with van der Waals surface area (Å²) in [4.78, 5) is 105. The fourth-order valence-electron chi connectivity index (χ4n) is 7.70. The molecule has 2 N–H and O–H groups in total. The highest BCUT2D eigenvalue weighted by atomic mass is 16.6. The number of nitrogens with zero attached hydrogens (tertiary/aromatic N) is 3. The van der Waals surface area contributed by atoms with Crippen molar-refractivity contribution >= 4 is 41.0 Å². The number of hydrogen-bond donors (Lipinski definition) is 2. The third kappa shape index (κ3) is 12.2. The van der Waals surface area contributed by atoms with E-state index in [1.807, 2.05) is 27.7 Å². The van der Waals surface area contributed by atoms with E-state index in [9.17, 15) is 33.6 Å². The zero-order valence-electron chi connectivity index (χ0n) is 33.3. The first-order valence-corrected chi connectivity index (χ1v) is 19.9. The number of nitrogens with one attached hydrogen (secondary N) is 2. The number of carbonyl (C=O) groups excluding carboxylic acids is 7. The summed E-state index contributed by atoms with van der Waals surface area (Å²) in [5.41, 5.74) is -1.40. The Kier molecular flexibility index (Phi) is 14.7. The molecule has 3 amide bonds. The third-order valence-electron chi connectivity index (χ3n) is 10.9. The van der Waals surface area contributed by atoms with Gasteiger partial charge in [-0.05, 0) is 70.1 Å². The SMILES string of the molecule is CCCC(CC(=O)[C@@H]1CN(C(=O)OC(C)(C)C)CC1NC(=O)C(CC(=O)[C@@H](NC(=O)c1cnccn1)C1CCCCC1)C(C)(C)C)C(=O)C(=O)CC1CC1. The van der Waals surface area contributed by atoms with E-state index in [1.54, 1.807) is 20.8 Å². The molecule has 3 fully saturated rings. The normalized spacial score (nSPS) is 21.1. The molecule has 1 saturated heterocycles. The Bertz CT molecular complexity index is 1520. The molecule has 3 aliphatic rings. The van der Waals surface area contributed by atoms with Gasteiger partial charge in [0.25, 0.3) is 5.91 Å². The molecule has 2 saturated carbocycles. The van der Waals surface area contributed by atoms with Crippen molar-refractivity contribution in [1.82, 2.24) is 25.5 Å². The molecule has 1 aliphatic heterocycles. The number of Topliss-reactive ketones (excluding diaryl/α,β-unsaturated/α-hetero) is 4. The largest absolute Gasteiger partial charge is 0.444 e. The van der Waals surface area contributed by atoms with E-state index in [0.29, 0.717) is 12.8 Å². The molecule has 13 nitrogen and oxygen atoms in total. The number of ether oxygens (including phenoxy) is 1. The minimum Gasteiger partial charge on any atom is -0.444 e. The number of carbonyl (C=O) groups is 7. The van der Waals surface area contributed by atoms with Crippen molar-refractivity contribution in [2.45, 2.75) is 143 Å². The summed E-state index contributed by atoms with van der Waals surface area (Å²) in [6.45, 7) is 12.7. The van der Waals surface area contributed by atoms with Crippen LogP contribution in [0.2, 0.25) is 0 Å². The van der Waals surface area contributed by atoms with Crippen LogP contribution in [-0.2, 0) is 28.7 Å². The minimum absolute atomic E-state index is 0.00621. The fourth-order valence-corrected chi connectivity index (χ4v) is 7.70. The van der Waals surface area contributed by atoms with Gasteiger partial charge in [0.15, 0.2) is 11.6 Å². The maximum Gasteiger partial charge on any atom is 0.410 e. The fraction of sp³-hybridized carbons (Fsp3) is 0.732. The summed E-state index contributed by atoms with van der Waals surface area (Å²) < 4.78 is 5.61. The average molecular weight is 752 g/mol. The summed E-state index contributed by atoms with van der Waals surface area (Å²) >= 11 is 0. The van der Waals surface area contributed by atoms with Crippen molar-refractivity contribution < 1.29 is 38.3 Å². The monoisotopic (exact) mass is 751 g/mol. The van der Waals surface area contributed by atoms with Crippen molar-refractivity contribution in [2.24, 2.45) is 35.0 Å². The van der Waals surface area contributed by atoms with Gasteiger partial charge in [0.2, 0.25) is 11.7 Å². The number of hydrogen-bond acceptors (Lipinski definition) is 10. The molecule has 5 atom stereocenters. The Hall–Kier alpha value is -4.03. The molecule has 4 rings (SSSR count). The quantitative estimate of drug-likeness (QED) is 0.195. The second-order valence-electron chi connectivity index (χ2n) is 17.7. The second-order valence-corrected chi connectivity index (χ2v) is 17.7.